The van der Waals surface area contributed by atoms with E-state index in [4.69, 9.17) is 5.73 Å². The molecule has 1 heterocycles. The predicted molar refractivity (Wildman–Crippen MR) is 95.8 cm³/mol. The molecule has 2 rings (SSSR count). The van der Waals surface area contributed by atoms with Crippen molar-refractivity contribution in [1.82, 2.24) is 9.62 Å². The van der Waals surface area contributed by atoms with Crippen LogP contribution in [0.2, 0.25) is 0 Å². The Bertz CT molecular complexity index is 723. The van der Waals surface area contributed by atoms with Gasteiger partial charge < -0.3 is 16.2 Å². The third-order valence-corrected chi connectivity index (χ3v) is 6.25. The van der Waals surface area contributed by atoms with Crippen LogP contribution < -0.4 is 11.1 Å². The van der Waals surface area contributed by atoms with Gasteiger partial charge in [0, 0.05) is 19.0 Å². The van der Waals surface area contributed by atoms with E-state index in [9.17, 15) is 23.1 Å². The molecule has 0 unspecified atom stereocenters. The summed E-state index contributed by atoms with van der Waals surface area (Å²) in [7, 11) is -3.94. The third kappa shape index (κ3) is 5.03. The van der Waals surface area contributed by atoms with E-state index in [2.05, 4.69) is 5.32 Å². The Morgan fingerprint density at radius 1 is 1.19 bits per heavy atom. The SMILES string of the molecule is NCCCCCC(=O)N[C@@H]1C[C@@H](C(=O)O)N(S(=O)(=O)c2ccccc2)C1. The van der Waals surface area contributed by atoms with Gasteiger partial charge in [0.05, 0.1) is 4.90 Å². The van der Waals surface area contributed by atoms with Crippen LogP contribution >= 0.6 is 0 Å². The molecule has 0 radical (unpaired) electrons. The van der Waals surface area contributed by atoms with Crippen molar-refractivity contribution in [2.24, 2.45) is 5.73 Å². The van der Waals surface area contributed by atoms with Crippen LogP contribution in [-0.4, -0.2) is 54.9 Å². The number of unbranched alkanes of at least 4 members (excludes halogenated alkanes) is 2. The highest BCUT2D eigenvalue weighted by Gasteiger charge is 2.44. The first-order valence-electron chi connectivity index (χ1n) is 8.65. The normalized spacial score (nSPS) is 20.8. The van der Waals surface area contributed by atoms with Gasteiger partial charge in [-0.05, 0) is 37.9 Å². The lowest BCUT2D eigenvalue weighted by atomic mass is 10.1. The highest BCUT2D eigenvalue weighted by Crippen LogP contribution is 2.26. The number of rotatable bonds is 9. The second-order valence-electron chi connectivity index (χ2n) is 6.34. The summed E-state index contributed by atoms with van der Waals surface area (Å²) in [6.07, 6.45) is 2.77. The first-order valence-corrected chi connectivity index (χ1v) is 10.1. The second-order valence-corrected chi connectivity index (χ2v) is 8.23. The van der Waals surface area contributed by atoms with Crippen LogP contribution in [0.15, 0.2) is 35.2 Å². The fourth-order valence-electron chi connectivity index (χ4n) is 3.03. The van der Waals surface area contributed by atoms with Gasteiger partial charge >= 0.3 is 5.97 Å². The van der Waals surface area contributed by atoms with Crippen molar-refractivity contribution >= 4 is 21.9 Å². The highest BCUT2D eigenvalue weighted by atomic mass is 32.2. The number of nitrogens with zero attached hydrogens (tertiary/aromatic N) is 1. The lowest BCUT2D eigenvalue weighted by Gasteiger charge is -2.20. The van der Waals surface area contributed by atoms with Crippen LogP contribution in [0.5, 0.6) is 0 Å². The lowest BCUT2D eigenvalue weighted by molar-refractivity contribution is -0.140. The van der Waals surface area contributed by atoms with Gasteiger partial charge in [-0.1, -0.05) is 24.6 Å². The molecule has 1 aliphatic heterocycles. The summed E-state index contributed by atoms with van der Waals surface area (Å²) in [6.45, 7) is 0.527. The van der Waals surface area contributed by atoms with Crippen molar-refractivity contribution in [1.29, 1.82) is 0 Å². The van der Waals surface area contributed by atoms with Gasteiger partial charge in [-0.2, -0.15) is 4.31 Å². The second kappa shape index (κ2) is 9.11. The summed E-state index contributed by atoms with van der Waals surface area (Å²) in [6, 6.07) is 6.00. The molecule has 0 bridgehead atoms. The quantitative estimate of drug-likeness (QED) is 0.534. The van der Waals surface area contributed by atoms with Gasteiger partial charge in [0.1, 0.15) is 6.04 Å². The summed E-state index contributed by atoms with van der Waals surface area (Å²) in [5, 5.41) is 12.2. The standard InChI is InChI=1S/C17H25N3O5S/c18-10-6-2-5-9-16(21)19-13-11-15(17(22)23)20(12-13)26(24,25)14-7-3-1-4-8-14/h1,3-4,7-8,13,15H,2,5-6,9-12,18H2,(H,19,21)(H,22,23)/t13-,15+/m1/s1. The van der Waals surface area contributed by atoms with Crippen molar-refractivity contribution in [3.63, 3.8) is 0 Å². The Balaban J connectivity index is 2.04. The largest absolute Gasteiger partial charge is 0.480 e. The molecule has 1 saturated heterocycles. The Morgan fingerprint density at radius 3 is 2.50 bits per heavy atom. The average Bonchev–Trinajstić information content (AvgIpc) is 3.04. The van der Waals surface area contributed by atoms with Gasteiger partial charge in [-0.3, -0.25) is 9.59 Å². The fraction of sp³-hybridized carbons (Fsp3) is 0.529. The van der Waals surface area contributed by atoms with Gasteiger partial charge in [-0.15, -0.1) is 0 Å². The Hall–Kier alpha value is -1.97. The minimum absolute atomic E-state index is 0.0417. The number of benzene rings is 1. The molecule has 0 aromatic heterocycles. The highest BCUT2D eigenvalue weighted by molar-refractivity contribution is 7.89. The van der Waals surface area contributed by atoms with Crippen LogP contribution in [0, 0.1) is 0 Å². The number of carbonyl (C=O) groups excluding carboxylic acids is 1. The molecule has 9 heteroatoms. The summed E-state index contributed by atoms with van der Waals surface area (Å²) in [4.78, 5) is 23.6. The minimum atomic E-state index is -3.94. The van der Waals surface area contributed by atoms with Crippen LogP contribution in [0.3, 0.4) is 0 Å². The van der Waals surface area contributed by atoms with E-state index in [0.29, 0.717) is 19.4 Å². The monoisotopic (exact) mass is 383 g/mol. The number of sulfonamides is 1. The number of aliphatic carboxylic acids is 1. The number of nitrogens with one attached hydrogen (secondary N) is 1. The van der Waals surface area contributed by atoms with E-state index in [1.165, 1.54) is 12.1 Å². The maximum absolute atomic E-state index is 12.8. The maximum atomic E-state index is 12.8. The molecule has 2 atom stereocenters. The van der Waals surface area contributed by atoms with Crippen LogP contribution in [0.1, 0.15) is 32.1 Å². The van der Waals surface area contributed by atoms with Gasteiger partial charge in [0.2, 0.25) is 15.9 Å². The number of nitrogens with two attached hydrogens (primary N) is 1. The average molecular weight is 383 g/mol. The Labute approximate surface area is 153 Å². The first-order chi connectivity index (χ1) is 12.4. The molecule has 1 aromatic rings. The molecular formula is C17H25N3O5S. The molecule has 144 valence electrons. The topological polar surface area (TPSA) is 130 Å². The molecule has 0 spiro atoms. The zero-order valence-electron chi connectivity index (χ0n) is 14.5. The maximum Gasteiger partial charge on any atom is 0.322 e. The van der Waals surface area contributed by atoms with Crippen LogP contribution in [0.4, 0.5) is 0 Å². The molecule has 4 N–H and O–H groups in total. The summed E-state index contributed by atoms with van der Waals surface area (Å²) >= 11 is 0. The van der Waals surface area contributed by atoms with Crippen molar-refractivity contribution in [3.05, 3.63) is 30.3 Å². The molecule has 1 fully saturated rings. The van der Waals surface area contributed by atoms with E-state index in [1.54, 1.807) is 18.2 Å². The molecular weight excluding hydrogens is 358 g/mol. The number of carboxylic acids is 1. The van der Waals surface area contributed by atoms with E-state index in [-0.39, 0.29) is 23.8 Å². The molecule has 1 aliphatic rings. The van der Waals surface area contributed by atoms with Gasteiger partial charge in [0.15, 0.2) is 0 Å². The summed E-state index contributed by atoms with van der Waals surface area (Å²) in [5.41, 5.74) is 5.41. The Kier molecular flexibility index (Phi) is 7.13. The van der Waals surface area contributed by atoms with E-state index in [1.807, 2.05) is 0 Å². The molecule has 8 nitrogen and oxygen atoms in total. The molecule has 1 amide bonds. The van der Waals surface area contributed by atoms with Crippen LogP contribution in [0.25, 0.3) is 0 Å². The molecule has 1 aromatic carbocycles. The van der Waals surface area contributed by atoms with Crippen molar-refractivity contribution in [2.45, 2.75) is 49.1 Å². The Morgan fingerprint density at radius 2 is 1.88 bits per heavy atom. The van der Waals surface area contributed by atoms with E-state index >= 15 is 0 Å². The smallest absolute Gasteiger partial charge is 0.322 e. The van der Waals surface area contributed by atoms with Crippen molar-refractivity contribution < 1.29 is 23.1 Å². The fourth-order valence-corrected chi connectivity index (χ4v) is 4.69. The zero-order valence-corrected chi connectivity index (χ0v) is 15.3. The van der Waals surface area contributed by atoms with Crippen LogP contribution in [-0.2, 0) is 19.6 Å². The van der Waals surface area contributed by atoms with E-state index in [0.717, 1.165) is 17.1 Å². The molecule has 0 aliphatic carbocycles. The summed E-state index contributed by atoms with van der Waals surface area (Å²) in [5.74, 6) is -1.42. The van der Waals surface area contributed by atoms with E-state index < -0.39 is 28.1 Å². The number of carbonyl (C=O) groups is 2. The number of hydrogen-bond acceptors (Lipinski definition) is 5. The van der Waals surface area contributed by atoms with Crippen molar-refractivity contribution in [3.8, 4) is 0 Å². The molecule has 0 saturated carbocycles. The number of carboxylic acid groups (broad SMARTS) is 1. The first kappa shape index (κ1) is 20.3. The van der Waals surface area contributed by atoms with Gasteiger partial charge in [0.25, 0.3) is 0 Å². The predicted octanol–water partition coefficient (Wildman–Crippen LogP) is 0.538. The lowest BCUT2D eigenvalue weighted by Crippen LogP contribution is -2.41. The summed E-state index contributed by atoms with van der Waals surface area (Å²) < 4.78 is 26.5. The molecule has 26 heavy (non-hydrogen) atoms. The minimum Gasteiger partial charge on any atom is -0.480 e. The number of amides is 1. The number of hydrogen-bond donors (Lipinski definition) is 3. The van der Waals surface area contributed by atoms with Crippen molar-refractivity contribution in [2.75, 3.05) is 13.1 Å². The third-order valence-electron chi connectivity index (χ3n) is 4.36. The zero-order chi connectivity index (χ0) is 19.2. The van der Waals surface area contributed by atoms with Gasteiger partial charge in [-0.25, -0.2) is 8.42 Å².